The average molecular weight is 319 g/mol. The zero-order chi connectivity index (χ0) is 15.4. The predicted molar refractivity (Wildman–Crippen MR) is 86.0 cm³/mol. The van der Waals surface area contributed by atoms with Crippen molar-refractivity contribution in [3.63, 3.8) is 0 Å². The summed E-state index contributed by atoms with van der Waals surface area (Å²) in [5.74, 6) is 1.96. The third-order valence-electron chi connectivity index (χ3n) is 4.02. The Morgan fingerprint density at radius 3 is 3.05 bits per heavy atom. The number of aryl methyl sites for hydroxylation is 2. The molecule has 0 bridgehead atoms. The Kier molecular flexibility index (Phi) is 4.95. The standard InChI is InChI=1S/C17H21NO3S/c1-2-14-4-5-16(21-14)15-11-20-9-8-18(15)17(19)6-3-13-7-10-22-12-13/h4-5,7,10,12,15H,2-3,6,8-9,11H2,1H3/t15-/m1/s1. The zero-order valence-corrected chi connectivity index (χ0v) is 13.6. The molecule has 2 aromatic heterocycles. The van der Waals surface area contributed by atoms with Crippen molar-refractivity contribution in [2.45, 2.75) is 32.2 Å². The topological polar surface area (TPSA) is 42.7 Å². The fourth-order valence-corrected chi connectivity index (χ4v) is 3.43. The smallest absolute Gasteiger partial charge is 0.223 e. The van der Waals surface area contributed by atoms with Crippen LogP contribution in [0.2, 0.25) is 0 Å². The molecular weight excluding hydrogens is 298 g/mol. The summed E-state index contributed by atoms with van der Waals surface area (Å²) in [6.07, 6.45) is 2.19. The third-order valence-corrected chi connectivity index (χ3v) is 4.75. The molecule has 0 radical (unpaired) electrons. The van der Waals surface area contributed by atoms with Gasteiger partial charge in [-0.2, -0.15) is 11.3 Å². The summed E-state index contributed by atoms with van der Waals surface area (Å²) in [6.45, 7) is 3.81. The summed E-state index contributed by atoms with van der Waals surface area (Å²) in [5.41, 5.74) is 1.23. The molecule has 4 nitrogen and oxygen atoms in total. The van der Waals surface area contributed by atoms with Crippen molar-refractivity contribution in [3.8, 4) is 0 Å². The van der Waals surface area contributed by atoms with Gasteiger partial charge in [0.2, 0.25) is 5.91 Å². The number of rotatable bonds is 5. The molecule has 1 aliphatic heterocycles. The molecule has 3 heterocycles. The van der Waals surface area contributed by atoms with Crippen LogP contribution in [0.25, 0.3) is 0 Å². The highest BCUT2D eigenvalue weighted by molar-refractivity contribution is 7.07. The number of carbonyl (C=O) groups is 1. The Labute approximate surface area is 134 Å². The van der Waals surface area contributed by atoms with Gasteiger partial charge in [0.1, 0.15) is 17.6 Å². The van der Waals surface area contributed by atoms with Crippen LogP contribution in [0, 0.1) is 0 Å². The number of nitrogens with zero attached hydrogens (tertiary/aromatic N) is 1. The second-order valence-electron chi connectivity index (χ2n) is 5.47. The summed E-state index contributed by atoms with van der Waals surface area (Å²) in [6, 6.07) is 5.94. The van der Waals surface area contributed by atoms with E-state index in [1.807, 2.05) is 22.4 Å². The lowest BCUT2D eigenvalue weighted by molar-refractivity contribution is -0.141. The molecule has 5 heteroatoms. The largest absolute Gasteiger partial charge is 0.464 e. The summed E-state index contributed by atoms with van der Waals surface area (Å²) >= 11 is 1.67. The molecule has 3 rings (SSSR count). The summed E-state index contributed by atoms with van der Waals surface area (Å²) in [5, 5.41) is 4.15. The maximum atomic E-state index is 12.6. The van der Waals surface area contributed by atoms with E-state index < -0.39 is 0 Å². The number of thiophene rings is 1. The van der Waals surface area contributed by atoms with Gasteiger partial charge >= 0.3 is 0 Å². The fraction of sp³-hybridized carbons (Fsp3) is 0.471. The van der Waals surface area contributed by atoms with E-state index in [4.69, 9.17) is 9.15 Å². The second kappa shape index (κ2) is 7.11. The zero-order valence-electron chi connectivity index (χ0n) is 12.8. The molecule has 1 saturated heterocycles. The molecule has 118 valence electrons. The van der Waals surface area contributed by atoms with E-state index in [2.05, 4.69) is 18.4 Å². The SMILES string of the molecule is CCc1ccc([C@H]2COCCN2C(=O)CCc2ccsc2)o1. The lowest BCUT2D eigenvalue weighted by Crippen LogP contribution is -2.43. The Morgan fingerprint density at radius 2 is 2.32 bits per heavy atom. The van der Waals surface area contributed by atoms with Crippen LogP contribution in [-0.4, -0.2) is 30.6 Å². The summed E-state index contributed by atoms with van der Waals surface area (Å²) in [4.78, 5) is 14.5. The van der Waals surface area contributed by atoms with Gasteiger partial charge in [-0.3, -0.25) is 4.79 Å². The first-order valence-electron chi connectivity index (χ1n) is 7.75. The maximum Gasteiger partial charge on any atom is 0.223 e. The molecule has 1 atom stereocenters. The molecule has 1 amide bonds. The van der Waals surface area contributed by atoms with Gasteiger partial charge in [0.25, 0.3) is 0 Å². The van der Waals surface area contributed by atoms with Gasteiger partial charge in [-0.25, -0.2) is 0 Å². The summed E-state index contributed by atoms with van der Waals surface area (Å²) < 4.78 is 11.4. The second-order valence-corrected chi connectivity index (χ2v) is 6.25. The summed E-state index contributed by atoms with van der Waals surface area (Å²) in [7, 11) is 0. The van der Waals surface area contributed by atoms with E-state index in [1.54, 1.807) is 11.3 Å². The molecule has 1 fully saturated rings. The number of hydrogen-bond acceptors (Lipinski definition) is 4. The van der Waals surface area contributed by atoms with Gasteiger partial charge in [0, 0.05) is 19.4 Å². The highest BCUT2D eigenvalue weighted by atomic mass is 32.1. The number of hydrogen-bond donors (Lipinski definition) is 0. The van der Waals surface area contributed by atoms with Gasteiger partial charge in [0.15, 0.2) is 0 Å². The van der Waals surface area contributed by atoms with Crippen molar-refractivity contribution in [1.82, 2.24) is 4.90 Å². The average Bonchev–Trinajstić information content (AvgIpc) is 3.24. The molecular formula is C17H21NO3S. The van der Waals surface area contributed by atoms with Crippen LogP contribution in [0.4, 0.5) is 0 Å². The monoisotopic (exact) mass is 319 g/mol. The highest BCUT2D eigenvalue weighted by Gasteiger charge is 2.30. The molecule has 0 unspecified atom stereocenters. The molecule has 2 aromatic rings. The van der Waals surface area contributed by atoms with Crippen LogP contribution >= 0.6 is 11.3 Å². The van der Waals surface area contributed by atoms with E-state index in [-0.39, 0.29) is 11.9 Å². The molecule has 0 aromatic carbocycles. The molecule has 0 spiro atoms. The maximum absolute atomic E-state index is 12.6. The van der Waals surface area contributed by atoms with Crippen molar-refractivity contribution in [2.24, 2.45) is 0 Å². The highest BCUT2D eigenvalue weighted by Crippen LogP contribution is 2.27. The molecule has 0 saturated carbocycles. The third kappa shape index (κ3) is 3.42. The normalized spacial score (nSPS) is 18.6. The first-order chi connectivity index (χ1) is 10.8. The molecule has 1 aliphatic rings. The van der Waals surface area contributed by atoms with Gasteiger partial charge in [-0.15, -0.1) is 0 Å². The van der Waals surface area contributed by atoms with E-state index in [9.17, 15) is 4.79 Å². The lowest BCUT2D eigenvalue weighted by Gasteiger charge is -2.34. The van der Waals surface area contributed by atoms with Crippen molar-refractivity contribution in [1.29, 1.82) is 0 Å². The van der Waals surface area contributed by atoms with E-state index in [0.717, 1.165) is 24.4 Å². The van der Waals surface area contributed by atoms with Gasteiger partial charge < -0.3 is 14.1 Å². The van der Waals surface area contributed by atoms with Gasteiger partial charge in [-0.1, -0.05) is 6.92 Å². The van der Waals surface area contributed by atoms with Crippen molar-refractivity contribution in [3.05, 3.63) is 46.0 Å². The molecule has 0 N–H and O–H groups in total. The first kappa shape index (κ1) is 15.3. The Balaban J connectivity index is 1.67. The number of morpholine rings is 1. The van der Waals surface area contributed by atoms with Gasteiger partial charge in [-0.05, 0) is 40.9 Å². The minimum absolute atomic E-state index is 0.0935. The quantitative estimate of drug-likeness (QED) is 0.848. The minimum atomic E-state index is -0.0935. The van der Waals surface area contributed by atoms with Crippen LogP contribution in [0.5, 0.6) is 0 Å². The van der Waals surface area contributed by atoms with Crippen molar-refractivity contribution >= 4 is 17.2 Å². The van der Waals surface area contributed by atoms with E-state index in [1.165, 1.54) is 5.56 Å². The van der Waals surface area contributed by atoms with Crippen LogP contribution < -0.4 is 0 Å². The Morgan fingerprint density at radius 1 is 1.41 bits per heavy atom. The van der Waals surface area contributed by atoms with Crippen molar-refractivity contribution in [2.75, 3.05) is 19.8 Å². The van der Waals surface area contributed by atoms with Crippen LogP contribution in [0.15, 0.2) is 33.4 Å². The number of amides is 1. The van der Waals surface area contributed by atoms with Crippen LogP contribution in [0.1, 0.15) is 36.5 Å². The van der Waals surface area contributed by atoms with Crippen LogP contribution in [0.3, 0.4) is 0 Å². The van der Waals surface area contributed by atoms with E-state index in [0.29, 0.717) is 26.2 Å². The Bertz CT molecular complexity index is 605. The fourth-order valence-electron chi connectivity index (χ4n) is 2.73. The van der Waals surface area contributed by atoms with Crippen molar-refractivity contribution < 1.29 is 13.9 Å². The predicted octanol–water partition coefficient (Wildman–Crippen LogP) is 3.44. The van der Waals surface area contributed by atoms with Gasteiger partial charge in [0.05, 0.1) is 13.2 Å². The number of ether oxygens (including phenoxy) is 1. The molecule has 22 heavy (non-hydrogen) atoms. The van der Waals surface area contributed by atoms with E-state index >= 15 is 0 Å². The number of carbonyl (C=O) groups excluding carboxylic acids is 1. The van der Waals surface area contributed by atoms with Crippen LogP contribution in [-0.2, 0) is 22.4 Å². The number of furan rings is 1. The first-order valence-corrected chi connectivity index (χ1v) is 8.69. The minimum Gasteiger partial charge on any atom is -0.464 e. The molecule has 0 aliphatic carbocycles. The lowest BCUT2D eigenvalue weighted by atomic mass is 10.1. The Hall–Kier alpha value is -1.59.